The molecule has 0 aliphatic heterocycles. The molecule has 0 spiro atoms. The van der Waals surface area contributed by atoms with Gasteiger partial charge in [0.1, 0.15) is 0 Å². The Bertz CT molecular complexity index is 669. The van der Waals surface area contributed by atoms with Gasteiger partial charge in [-0.05, 0) is 31.0 Å². The highest BCUT2D eigenvalue weighted by Gasteiger charge is 2.19. The first-order valence-electron chi connectivity index (χ1n) is 6.70. The monoisotopic (exact) mass is 323 g/mol. The zero-order valence-electron chi connectivity index (χ0n) is 11.8. The smallest absolute Gasteiger partial charge is 0.207 e. The summed E-state index contributed by atoms with van der Waals surface area (Å²) in [5.74, 6) is 0.222. The minimum Gasteiger partial charge on any atom is -0.207 e. The van der Waals surface area contributed by atoms with E-state index < -0.39 is 10.0 Å². The summed E-state index contributed by atoms with van der Waals surface area (Å²) in [5, 5.41) is 0. The first-order chi connectivity index (χ1) is 10.0. The number of aryl methyl sites for hydroxylation is 1. The number of halogens is 1. The largest absolute Gasteiger partial charge is 0.240 e. The average molecular weight is 324 g/mol. The minimum atomic E-state index is -3.54. The van der Waals surface area contributed by atoms with Crippen LogP contribution in [0, 0.1) is 6.92 Å². The Hall–Kier alpha value is -1.36. The van der Waals surface area contributed by atoms with Crippen molar-refractivity contribution in [3.05, 3.63) is 65.7 Å². The van der Waals surface area contributed by atoms with E-state index in [1.165, 1.54) is 0 Å². The Morgan fingerprint density at radius 1 is 1.05 bits per heavy atom. The van der Waals surface area contributed by atoms with Crippen molar-refractivity contribution in [2.24, 2.45) is 0 Å². The van der Waals surface area contributed by atoms with Crippen LogP contribution in [-0.2, 0) is 16.4 Å². The van der Waals surface area contributed by atoms with Crippen LogP contribution in [0.3, 0.4) is 0 Å². The molecule has 0 unspecified atom stereocenters. The molecular weight excluding hydrogens is 306 g/mol. The van der Waals surface area contributed by atoms with Crippen LogP contribution < -0.4 is 4.72 Å². The summed E-state index contributed by atoms with van der Waals surface area (Å²) in [7, 11) is -3.54. The molecule has 0 aliphatic rings. The number of benzene rings is 2. The van der Waals surface area contributed by atoms with Crippen molar-refractivity contribution < 1.29 is 8.42 Å². The minimum absolute atomic E-state index is 0.222. The quantitative estimate of drug-likeness (QED) is 0.830. The van der Waals surface area contributed by atoms with Gasteiger partial charge < -0.3 is 0 Å². The molecule has 5 heteroatoms. The highest BCUT2D eigenvalue weighted by molar-refractivity contribution is 7.89. The van der Waals surface area contributed by atoms with Gasteiger partial charge in [0.2, 0.25) is 10.0 Å². The number of rotatable bonds is 6. The van der Waals surface area contributed by atoms with Gasteiger partial charge in [-0.2, -0.15) is 0 Å². The SMILES string of the molecule is Cc1ccc(S(=O)(=O)N[C@H](CCl)Cc2ccccc2)cc1. The molecule has 0 heterocycles. The lowest BCUT2D eigenvalue weighted by atomic mass is 10.1. The second-order valence-corrected chi connectivity index (χ2v) is 7.00. The Morgan fingerprint density at radius 3 is 2.24 bits per heavy atom. The molecule has 0 radical (unpaired) electrons. The summed E-state index contributed by atoms with van der Waals surface area (Å²) >= 11 is 5.91. The van der Waals surface area contributed by atoms with Gasteiger partial charge in [0.15, 0.2) is 0 Å². The first kappa shape index (κ1) is 16.0. The van der Waals surface area contributed by atoms with Crippen molar-refractivity contribution in [3.8, 4) is 0 Å². The lowest BCUT2D eigenvalue weighted by molar-refractivity contribution is 0.561. The predicted octanol–water partition coefficient (Wildman–Crippen LogP) is 3.12. The molecule has 0 saturated carbocycles. The number of alkyl halides is 1. The van der Waals surface area contributed by atoms with Crippen molar-refractivity contribution in [2.75, 3.05) is 5.88 Å². The summed E-state index contributed by atoms with van der Waals surface area (Å²) < 4.78 is 27.3. The topological polar surface area (TPSA) is 46.2 Å². The van der Waals surface area contributed by atoms with Crippen LogP contribution in [0.2, 0.25) is 0 Å². The number of hydrogen-bond donors (Lipinski definition) is 1. The predicted molar refractivity (Wildman–Crippen MR) is 86.2 cm³/mol. The van der Waals surface area contributed by atoms with E-state index in [1.54, 1.807) is 24.3 Å². The van der Waals surface area contributed by atoms with Gasteiger partial charge in [-0.1, -0.05) is 48.0 Å². The summed E-state index contributed by atoms with van der Waals surface area (Å²) in [4.78, 5) is 0.260. The van der Waals surface area contributed by atoms with Crippen LogP contribution in [0.15, 0.2) is 59.5 Å². The van der Waals surface area contributed by atoms with Crippen LogP contribution in [0.25, 0.3) is 0 Å². The lowest BCUT2D eigenvalue weighted by Gasteiger charge is -2.16. The molecular formula is C16H18ClNO2S. The van der Waals surface area contributed by atoms with E-state index in [-0.39, 0.29) is 16.8 Å². The summed E-state index contributed by atoms with van der Waals surface area (Å²) in [6.45, 7) is 1.92. The van der Waals surface area contributed by atoms with E-state index in [4.69, 9.17) is 11.6 Å². The van der Waals surface area contributed by atoms with E-state index >= 15 is 0 Å². The second-order valence-electron chi connectivity index (χ2n) is 4.98. The maximum absolute atomic E-state index is 12.3. The molecule has 2 rings (SSSR count). The van der Waals surface area contributed by atoms with Crippen molar-refractivity contribution >= 4 is 21.6 Å². The summed E-state index contributed by atoms with van der Waals surface area (Å²) in [6, 6.07) is 16.1. The standard InChI is InChI=1S/C16H18ClNO2S/c1-13-7-9-16(10-8-13)21(19,20)18-15(12-17)11-14-5-3-2-4-6-14/h2-10,15,18H,11-12H2,1H3/t15-/m0/s1. The third-order valence-electron chi connectivity index (χ3n) is 3.16. The van der Waals surface area contributed by atoms with Gasteiger partial charge in [-0.15, -0.1) is 11.6 Å². The van der Waals surface area contributed by atoms with Crippen molar-refractivity contribution in [1.82, 2.24) is 4.72 Å². The van der Waals surface area contributed by atoms with Crippen molar-refractivity contribution in [2.45, 2.75) is 24.3 Å². The van der Waals surface area contributed by atoms with E-state index in [2.05, 4.69) is 4.72 Å². The van der Waals surface area contributed by atoms with E-state index in [9.17, 15) is 8.42 Å². The molecule has 0 aliphatic carbocycles. The molecule has 2 aromatic carbocycles. The third-order valence-corrected chi connectivity index (χ3v) is 5.07. The van der Waals surface area contributed by atoms with Gasteiger partial charge >= 0.3 is 0 Å². The molecule has 0 aromatic heterocycles. The fourth-order valence-electron chi connectivity index (χ4n) is 2.03. The van der Waals surface area contributed by atoms with E-state index in [0.29, 0.717) is 6.42 Å². The number of nitrogens with one attached hydrogen (secondary N) is 1. The molecule has 0 bridgehead atoms. The first-order valence-corrected chi connectivity index (χ1v) is 8.72. The van der Waals surface area contributed by atoms with Crippen LogP contribution >= 0.6 is 11.6 Å². The highest BCUT2D eigenvalue weighted by atomic mass is 35.5. The molecule has 1 N–H and O–H groups in total. The maximum Gasteiger partial charge on any atom is 0.240 e. The van der Waals surface area contributed by atoms with Gasteiger partial charge in [-0.25, -0.2) is 13.1 Å². The van der Waals surface area contributed by atoms with Crippen LogP contribution in [0.1, 0.15) is 11.1 Å². The van der Waals surface area contributed by atoms with Gasteiger partial charge in [0.05, 0.1) is 4.90 Å². The van der Waals surface area contributed by atoms with Gasteiger partial charge in [-0.3, -0.25) is 0 Å². The van der Waals surface area contributed by atoms with Gasteiger partial charge in [0, 0.05) is 11.9 Å². The Morgan fingerprint density at radius 2 is 1.67 bits per heavy atom. The number of sulfonamides is 1. The van der Waals surface area contributed by atoms with Crippen LogP contribution in [-0.4, -0.2) is 20.3 Å². The Labute approximate surface area is 131 Å². The van der Waals surface area contributed by atoms with E-state index in [0.717, 1.165) is 11.1 Å². The average Bonchev–Trinajstić information content (AvgIpc) is 2.48. The molecule has 1 atom stereocenters. The highest BCUT2D eigenvalue weighted by Crippen LogP contribution is 2.12. The van der Waals surface area contributed by atoms with E-state index in [1.807, 2.05) is 37.3 Å². The lowest BCUT2D eigenvalue weighted by Crippen LogP contribution is -2.37. The molecule has 0 fully saturated rings. The second kappa shape index (κ2) is 7.07. The summed E-state index contributed by atoms with van der Waals surface area (Å²) in [5.41, 5.74) is 2.07. The number of hydrogen-bond acceptors (Lipinski definition) is 2. The fraction of sp³-hybridized carbons (Fsp3) is 0.250. The van der Waals surface area contributed by atoms with Crippen LogP contribution in [0.5, 0.6) is 0 Å². The molecule has 0 amide bonds. The van der Waals surface area contributed by atoms with Crippen molar-refractivity contribution in [3.63, 3.8) is 0 Å². The molecule has 3 nitrogen and oxygen atoms in total. The molecule has 21 heavy (non-hydrogen) atoms. The van der Waals surface area contributed by atoms with Crippen LogP contribution in [0.4, 0.5) is 0 Å². The zero-order chi connectivity index (χ0) is 15.3. The normalized spacial score (nSPS) is 13.0. The van der Waals surface area contributed by atoms with Gasteiger partial charge in [0.25, 0.3) is 0 Å². The summed E-state index contributed by atoms with van der Waals surface area (Å²) in [6.07, 6.45) is 0.565. The fourth-order valence-corrected chi connectivity index (χ4v) is 3.54. The third kappa shape index (κ3) is 4.56. The molecule has 2 aromatic rings. The Kier molecular flexibility index (Phi) is 5.39. The Balaban J connectivity index is 2.12. The molecule has 112 valence electrons. The zero-order valence-corrected chi connectivity index (χ0v) is 13.4. The maximum atomic E-state index is 12.3. The van der Waals surface area contributed by atoms with Crippen molar-refractivity contribution in [1.29, 1.82) is 0 Å². The molecule has 0 saturated heterocycles.